The number of nitrogens with zero attached hydrogens (tertiary/aromatic N) is 1. The number of nitrogens with two attached hydrogens (primary N) is 2. The number of methoxy groups -OCH3 is 1. The molecule has 0 saturated carbocycles. The first kappa shape index (κ1) is 11.5. The Kier molecular flexibility index (Phi) is 4.05. The summed E-state index contributed by atoms with van der Waals surface area (Å²) >= 11 is 0. The first-order valence-electron chi connectivity index (χ1n) is 4.45. The highest BCUT2D eigenvalue weighted by Gasteiger charge is 2.02. The van der Waals surface area contributed by atoms with Gasteiger partial charge in [0.25, 0.3) is 0 Å². The smallest absolute Gasteiger partial charge is 0.186 e. The molecule has 0 spiro atoms. The highest BCUT2D eigenvalue weighted by atomic mass is 19.1. The molecule has 1 aromatic carbocycles. The van der Waals surface area contributed by atoms with Gasteiger partial charge in [-0.05, 0) is 17.7 Å². The van der Waals surface area contributed by atoms with E-state index < -0.39 is 0 Å². The predicted molar refractivity (Wildman–Crippen MR) is 56.6 cm³/mol. The molecule has 0 bridgehead atoms. The van der Waals surface area contributed by atoms with Crippen LogP contribution >= 0.6 is 0 Å². The summed E-state index contributed by atoms with van der Waals surface area (Å²) in [6.45, 7) is 0.584. The second kappa shape index (κ2) is 5.31. The van der Waals surface area contributed by atoms with Crippen molar-refractivity contribution in [1.82, 2.24) is 0 Å². The number of aliphatic imine (C=N–C) groups is 1. The molecule has 0 aromatic heterocycles. The number of ether oxygens (including phenoxy) is 1. The minimum atomic E-state index is -0.287. The number of hydrogen-bond acceptors (Lipinski definition) is 2. The first-order chi connectivity index (χ1) is 7.13. The van der Waals surface area contributed by atoms with Gasteiger partial charge in [-0.25, -0.2) is 9.38 Å². The topological polar surface area (TPSA) is 73.6 Å². The van der Waals surface area contributed by atoms with E-state index in [-0.39, 0.29) is 18.4 Å². The molecule has 4 N–H and O–H groups in total. The molecule has 0 unspecified atom stereocenters. The van der Waals surface area contributed by atoms with Crippen LogP contribution in [-0.2, 0) is 17.9 Å². The van der Waals surface area contributed by atoms with Gasteiger partial charge < -0.3 is 16.2 Å². The molecule has 0 aliphatic heterocycles. The van der Waals surface area contributed by atoms with Gasteiger partial charge in [0.05, 0.1) is 13.2 Å². The maximum Gasteiger partial charge on any atom is 0.186 e. The van der Waals surface area contributed by atoms with Crippen molar-refractivity contribution in [2.24, 2.45) is 16.5 Å². The summed E-state index contributed by atoms with van der Waals surface area (Å²) < 4.78 is 18.1. The van der Waals surface area contributed by atoms with Gasteiger partial charge in [-0.15, -0.1) is 0 Å². The van der Waals surface area contributed by atoms with Gasteiger partial charge in [0.2, 0.25) is 0 Å². The summed E-state index contributed by atoms with van der Waals surface area (Å²) in [7, 11) is 1.52. The monoisotopic (exact) mass is 211 g/mol. The Morgan fingerprint density at radius 2 is 2.20 bits per heavy atom. The van der Waals surface area contributed by atoms with Gasteiger partial charge in [-0.1, -0.05) is 6.07 Å². The fourth-order valence-corrected chi connectivity index (χ4v) is 1.18. The average Bonchev–Trinajstić information content (AvgIpc) is 2.19. The molecule has 0 heterocycles. The van der Waals surface area contributed by atoms with E-state index in [2.05, 4.69) is 4.99 Å². The number of benzene rings is 1. The number of guanidine groups is 1. The lowest BCUT2D eigenvalue weighted by molar-refractivity contribution is 0.181. The third-order valence-electron chi connectivity index (χ3n) is 1.85. The number of rotatable bonds is 4. The molecule has 5 heteroatoms. The van der Waals surface area contributed by atoms with E-state index in [1.54, 1.807) is 12.1 Å². The average molecular weight is 211 g/mol. The van der Waals surface area contributed by atoms with Crippen LogP contribution in [0.1, 0.15) is 11.1 Å². The Morgan fingerprint density at radius 1 is 1.47 bits per heavy atom. The zero-order chi connectivity index (χ0) is 11.3. The Hall–Kier alpha value is -1.62. The fraction of sp³-hybridized carbons (Fsp3) is 0.300. The van der Waals surface area contributed by atoms with E-state index in [0.29, 0.717) is 12.1 Å². The van der Waals surface area contributed by atoms with Crippen molar-refractivity contribution in [1.29, 1.82) is 0 Å². The third-order valence-corrected chi connectivity index (χ3v) is 1.85. The molecule has 1 aromatic rings. The quantitative estimate of drug-likeness (QED) is 0.570. The molecule has 0 fully saturated rings. The molecule has 0 saturated heterocycles. The Balaban J connectivity index is 2.82. The molecule has 1 rings (SSSR count). The Labute approximate surface area is 87.7 Å². The normalized spacial score (nSPS) is 10.0. The van der Waals surface area contributed by atoms with Crippen LogP contribution in [0.3, 0.4) is 0 Å². The van der Waals surface area contributed by atoms with Crippen LogP contribution in [0.25, 0.3) is 0 Å². The van der Waals surface area contributed by atoms with Crippen molar-refractivity contribution in [2.75, 3.05) is 7.11 Å². The lowest BCUT2D eigenvalue weighted by atomic mass is 10.1. The highest BCUT2D eigenvalue weighted by Crippen LogP contribution is 2.12. The van der Waals surface area contributed by atoms with Gasteiger partial charge >= 0.3 is 0 Å². The molecule has 0 atom stereocenters. The SMILES string of the molecule is COCc1cc(CN=C(N)N)ccc1F. The predicted octanol–water partition coefficient (Wildman–Crippen LogP) is 0.746. The van der Waals surface area contributed by atoms with Crippen molar-refractivity contribution in [3.05, 3.63) is 35.1 Å². The summed E-state index contributed by atoms with van der Waals surface area (Å²) in [6.07, 6.45) is 0. The Morgan fingerprint density at radius 3 is 2.80 bits per heavy atom. The zero-order valence-electron chi connectivity index (χ0n) is 8.53. The van der Waals surface area contributed by atoms with Gasteiger partial charge in [0, 0.05) is 12.7 Å². The highest BCUT2D eigenvalue weighted by molar-refractivity contribution is 5.75. The molecule has 0 radical (unpaired) electrons. The van der Waals surface area contributed by atoms with E-state index in [4.69, 9.17) is 16.2 Å². The molecular weight excluding hydrogens is 197 g/mol. The van der Waals surface area contributed by atoms with Crippen molar-refractivity contribution >= 4 is 5.96 Å². The minimum absolute atomic E-state index is 0.0209. The van der Waals surface area contributed by atoms with Crippen LogP contribution in [0, 0.1) is 5.82 Å². The van der Waals surface area contributed by atoms with E-state index in [9.17, 15) is 4.39 Å². The van der Waals surface area contributed by atoms with Crippen LogP contribution in [0.2, 0.25) is 0 Å². The summed E-state index contributed by atoms with van der Waals surface area (Å²) in [5.74, 6) is -0.266. The van der Waals surface area contributed by atoms with E-state index >= 15 is 0 Å². The van der Waals surface area contributed by atoms with Crippen molar-refractivity contribution < 1.29 is 9.13 Å². The van der Waals surface area contributed by atoms with Gasteiger partial charge in [-0.2, -0.15) is 0 Å². The first-order valence-corrected chi connectivity index (χ1v) is 4.45. The standard InChI is InChI=1S/C10H14FN3O/c1-15-6-8-4-7(2-3-9(8)11)5-14-10(12)13/h2-4H,5-6H2,1H3,(H4,12,13,14). The van der Waals surface area contributed by atoms with Gasteiger partial charge in [-0.3, -0.25) is 0 Å². The van der Waals surface area contributed by atoms with E-state index in [0.717, 1.165) is 5.56 Å². The summed E-state index contributed by atoms with van der Waals surface area (Å²) in [6, 6.07) is 4.71. The fourth-order valence-electron chi connectivity index (χ4n) is 1.18. The van der Waals surface area contributed by atoms with Crippen LogP contribution in [0.4, 0.5) is 4.39 Å². The lowest BCUT2D eigenvalue weighted by Gasteiger charge is -2.04. The minimum Gasteiger partial charge on any atom is -0.380 e. The summed E-state index contributed by atoms with van der Waals surface area (Å²) in [4.78, 5) is 3.83. The molecule has 15 heavy (non-hydrogen) atoms. The molecule has 0 amide bonds. The van der Waals surface area contributed by atoms with Crippen LogP contribution in [0.5, 0.6) is 0 Å². The maximum absolute atomic E-state index is 13.2. The summed E-state index contributed by atoms with van der Waals surface area (Å²) in [5, 5.41) is 0. The lowest BCUT2D eigenvalue weighted by Crippen LogP contribution is -2.22. The van der Waals surface area contributed by atoms with Gasteiger partial charge in [0.1, 0.15) is 5.82 Å². The van der Waals surface area contributed by atoms with Crippen LogP contribution in [0.15, 0.2) is 23.2 Å². The second-order valence-corrected chi connectivity index (χ2v) is 3.10. The second-order valence-electron chi connectivity index (χ2n) is 3.10. The van der Waals surface area contributed by atoms with E-state index in [1.807, 2.05) is 0 Å². The maximum atomic E-state index is 13.2. The third kappa shape index (κ3) is 3.55. The van der Waals surface area contributed by atoms with Crippen LogP contribution in [-0.4, -0.2) is 13.1 Å². The molecular formula is C10H14FN3O. The van der Waals surface area contributed by atoms with Crippen molar-refractivity contribution in [2.45, 2.75) is 13.2 Å². The molecule has 0 aliphatic carbocycles. The molecule has 0 aliphatic rings. The number of halogens is 1. The molecule has 82 valence electrons. The van der Waals surface area contributed by atoms with Crippen LogP contribution < -0.4 is 11.5 Å². The Bertz CT molecular complexity index is 362. The molecule has 4 nitrogen and oxygen atoms in total. The van der Waals surface area contributed by atoms with Crippen molar-refractivity contribution in [3.63, 3.8) is 0 Å². The van der Waals surface area contributed by atoms with E-state index in [1.165, 1.54) is 13.2 Å². The largest absolute Gasteiger partial charge is 0.380 e. The number of hydrogen-bond donors (Lipinski definition) is 2. The zero-order valence-corrected chi connectivity index (χ0v) is 8.53. The van der Waals surface area contributed by atoms with Gasteiger partial charge in [0.15, 0.2) is 5.96 Å². The summed E-state index contributed by atoms with van der Waals surface area (Å²) in [5.41, 5.74) is 11.7. The van der Waals surface area contributed by atoms with Crippen molar-refractivity contribution in [3.8, 4) is 0 Å².